The standard InChI is InChI=1S/C18H16Br2N2O4/c1-2-9-25-15-6-4-3-5-13(15)18(24)22-21-17(23)11-26-16-8-7-12(19)10-14(16)20/h2-8,10H,1,9,11H2,(H,21,23)(H,22,24). The van der Waals surface area contributed by atoms with E-state index >= 15 is 0 Å². The highest BCUT2D eigenvalue weighted by molar-refractivity contribution is 9.11. The molecule has 0 unspecified atom stereocenters. The molecule has 6 nitrogen and oxygen atoms in total. The molecule has 0 spiro atoms. The van der Waals surface area contributed by atoms with Crippen LogP contribution in [0.1, 0.15) is 10.4 Å². The van der Waals surface area contributed by atoms with E-state index in [1.54, 1.807) is 48.5 Å². The van der Waals surface area contributed by atoms with E-state index in [0.29, 0.717) is 21.5 Å². The molecular formula is C18H16Br2N2O4. The molecule has 0 saturated carbocycles. The van der Waals surface area contributed by atoms with Crippen LogP contribution < -0.4 is 20.3 Å². The number of halogens is 2. The van der Waals surface area contributed by atoms with Crippen LogP contribution in [0.15, 0.2) is 64.1 Å². The fourth-order valence-electron chi connectivity index (χ4n) is 1.89. The van der Waals surface area contributed by atoms with E-state index in [1.165, 1.54) is 0 Å². The molecule has 0 aliphatic heterocycles. The van der Waals surface area contributed by atoms with Crippen LogP contribution in [0, 0.1) is 0 Å². The summed E-state index contributed by atoms with van der Waals surface area (Å²) in [6.07, 6.45) is 1.58. The molecular weight excluding hydrogens is 468 g/mol. The predicted octanol–water partition coefficient (Wildman–Crippen LogP) is 3.62. The number of nitrogens with one attached hydrogen (secondary N) is 2. The Labute approximate surface area is 167 Å². The Balaban J connectivity index is 1.87. The van der Waals surface area contributed by atoms with E-state index in [0.717, 1.165) is 4.47 Å². The molecule has 0 fully saturated rings. The second kappa shape index (κ2) is 9.98. The summed E-state index contributed by atoms with van der Waals surface area (Å²) in [5.74, 6) is -0.0902. The number of carbonyl (C=O) groups is 2. The van der Waals surface area contributed by atoms with Gasteiger partial charge in [0.15, 0.2) is 6.61 Å². The summed E-state index contributed by atoms with van der Waals surface area (Å²) in [5.41, 5.74) is 4.93. The SMILES string of the molecule is C=CCOc1ccccc1C(=O)NNC(=O)COc1ccc(Br)cc1Br. The van der Waals surface area contributed by atoms with Gasteiger partial charge in [0.25, 0.3) is 11.8 Å². The third kappa shape index (κ3) is 5.89. The molecule has 2 aromatic carbocycles. The van der Waals surface area contributed by atoms with Gasteiger partial charge < -0.3 is 9.47 Å². The normalized spacial score (nSPS) is 9.92. The van der Waals surface area contributed by atoms with Crippen molar-refractivity contribution in [1.29, 1.82) is 0 Å². The van der Waals surface area contributed by atoms with Crippen LogP contribution in [0.3, 0.4) is 0 Å². The quantitative estimate of drug-likeness (QED) is 0.465. The van der Waals surface area contributed by atoms with Gasteiger partial charge in [0, 0.05) is 4.47 Å². The Kier molecular flexibility index (Phi) is 7.68. The van der Waals surface area contributed by atoms with Crippen molar-refractivity contribution < 1.29 is 19.1 Å². The van der Waals surface area contributed by atoms with Crippen molar-refractivity contribution in [3.05, 3.63) is 69.6 Å². The van der Waals surface area contributed by atoms with Gasteiger partial charge in [0.1, 0.15) is 18.1 Å². The van der Waals surface area contributed by atoms with E-state index in [4.69, 9.17) is 9.47 Å². The molecule has 2 rings (SSSR count). The molecule has 0 heterocycles. The molecule has 2 amide bonds. The lowest BCUT2D eigenvalue weighted by Crippen LogP contribution is -2.43. The number of benzene rings is 2. The Morgan fingerprint density at radius 3 is 2.54 bits per heavy atom. The number of rotatable bonds is 7. The van der Waals surface area contributed by atoms with Crippen molar-refractivity contribution in [1.82, 2.24) is 10.9 Å². The molecule has 8 heteroatoms. The highest BCUT2D eigenvalue weighted by atomic mass is 79.9. The second-order valence-electron chi connectivity index (χ2n) is 4.96. The fourth-order valence-corrected chi connectivity index (χ4v) is 3.06. The third-order valence-electron chi connectivity index (χ3n) is 3.06. The molecule has 0 atom stereocenters. The molecule has 26 heavy (non-hydrogen) atoms. The first-order valence-corrected chi connectivity index (χ1v) is 9.09. The minimum atomic E-state index is -0.502. The molecule has 0 aliphatic rings. The van der Waals surface area contributed by atoms with E-state index in [1.807, 2.05) is 0 Å². The van der Waals surface area contributed by atoms with Gasteiger partial charge >= 0.3 is 0 Å². The van der Waals surface area contributed by atoms with Crippen molar-refractivity contribution in [2.24, 2.45) is 0 Å². The smallest absolute Gasteiger partial charge is 0.276 e. The molecule has 0 aliphatic carbocycles. The highest BCUT2D eigenvalue weighted by Crippen LogP contribution is 2.28. The monoisotopic (exact) mass is 482 g/mol. The number of hydrazine groups is 1. The number of para-hydroxylation sites is 1. The summed E-state index contributed by atoms with van der Waals surface area (Å²) in [7, 11) is 0. The predicted molar refractivity (Wildman–Crippen MR) is 105 cm³/mol. The molecule has 2 aromatic rings. The molecule has 0 aromatic heterocycles. The Bertz CT molecular complexity index is 812. The van der Waals surface area contributed by atoms with E-state index in [2.05, 4.69) is 49.3 Å². The van der Waals surface area contributed by atoms with Gasteiger partial charge in [-0.15, -0.1) is 0 Å². The van der Waals surface area contributed by atoms with E-state index < -0.39 is 11.8 Å². The second-order valence-corrected chi connectivity index (χ2v) is 6.73. The summed E-state index contributed by atoms with van der Waals surface area (Å²) in [6, 6.07) is 12.0. The first-order chi connectivity index (χ1) is 12.5. The number of hydrogen-bond acceptors (Lipinski definition) is 4. The fraction of sp³-hybridized carbons (Fsp3) is 0.111. The van der Waals surface area contributed by atoms with Gasteiger partial charge in [-0.3, -0.25) is 20.4 Å². The van der Waals surface area contributed by atoms with Crippen LogP contribution in [-0.4, -0.2) is 25.0 Å². The maximum Gasteiger partial charge on any atom is 0.276 e. The van der Waals surface area contributed by atoms with Gasteiger partial charge in [0.05, 0.1) is 10.0 Å². The lowest BCUT2D eigenvalue weighted by molar-refractivity contribution is -0.123. The maximum absolute atomic E-state index is 12.2. The summed E-state index contributed by atoms with van der Waals surface area (Å²) in [5, 5.41) is 0. The summed E-state index contributed by atoms with van der Waals surface area (Å²) < 4.78 is 12.4. The number of ether oxygens (including phenoxy) is 2. The largest absolute Gasteiger partial charge is 0.489 e. The van der Waals surface area contributed by atoms with Crippen LogP contribution in [-0.2, 0) is 4.79 Å². The van der Waals surface area contributed by atoms with E-state index in [9.17, 15) is 9.59 Å². The summed E-state index contributed by atoms with van der Waals surface area (Å²) >= 11 is 6.67. The average molecular weight is 484 g/mol. The van der Waals surface area contributed by atoms with E-state index in [-0.39, 0.29) is 13.2 Å². The third-order valence-corrected chi connectivity index (χ3v) is 4.17. The van der Waals surface area contributed by atoms with Crippen LogP contribution in [0.25, 0.3) is 0 Å². The van der Waals surface area contributed by atoms with Crippen molar-refractivity contribution in [3.8, 4) is 11.5 Å². The molecule has 2 N–H and O–H groups in total. The van der Waals surface area contributed by atoms with Crippen LogP contribution >= 0.6 is 31.9 Å². The zero-order valence-electron chi connectivity index (χ0n) is 13.6. The lowest BCUT2D eigenvalue weighted by Gasteiger charge is -2.12. The molecule has 0 radical (unpaired) electrons. The lowest BCUT2D eigenvalue weighted by atomic mass is 10.2. The highest BCUT2D eigenvalue weighted by Gasteiger charge is 2.13. The van der Waals surface area contributed by atoms with Gasteiger partial charge in [-0.2, -0.15) is 0 Å². The van der Waals surface area contributed by atoms with Crippen molar-refractivity contribution >= 4 is 43.7 Å². The number of hydrogen-bond donors (Lipinski definition) is 2. The van der Waals surface area contributed by atoms with Gasteiger partial charge in [-0.25, -0.2) is 0 Å². The first kappa shape index (κ1) is 20.0. The number of amides is 2. The first-order valence-electron chi connectivity index (χ1n) is 7.51. The average Bonchev–Trinajstić information content (AvgIpc) is 2.64. The van der Waals surface area contributed by atoms with Crippen LogP contribution in [0.2, 0.25) is 0 Å². The molecule has 136 valence electrons. The van der Waals surface area contributed by atoms with Crippen LogP contribution in [0.5, 0.6) is 11.5 Å². The summed E-state index contributed by atoms with van der Waals surface area (Å²) in [6.45, 7) is 3.58. The van der Waals surface area contributed by atoms with Gasteiger partial charge in [-0.05, 0) is 46.3 Å². The summed E-state index contributed by atoms with van der Waals surface area (Å²) in [4.78, 5) is 24.1. The van der Waals surface area contributed by atoms with Gasteiger partial charge in [-0.1, -0.05) is 40.7 Å². The minimum Gasteiger partial charge on any atom is -0.489 e. The maximum atomic E-state index is 12.2. The van der Waals surface area contributed by atoms with Crippen LogP contribution in [0.4, 0.5) is 0 Å². The van der Waals surface area contributed by atoms with Crippen molar-refractivity contribution in [2.45, 2.75) is 0 Å². The minimum absolute atomic E-state index is 0.255. The topological polar surface area (TPSA) is 76.7 Å². The Morgan fingerprint density at radius 1 is 1.04 bits per heavy atom. The zero-order chi connectivity index (χ0) is 18.9. The number of carbonyl (C=O) groups excluding carboxylic acids is 2. The molecule has 0 saturated heterocycles. The van der Waals surface area contributed by atoms with Crippen molar-refractivity contribution in [3.63, 3.8) is 0 Å². The Morgan fingerprint density at radius 2 is 1.81 bits per heavy atom. The van der Waals surface area contributed by atoms with Gasteiger partial charge in [0.2, 0.25) is 0 Å². The molecule has 0 bridgehead atoms. The Hall–Kier alpha value is -2.32. The zero-order valence-corrected chi connectivity index (χ0v) is 16.8. The van der Waals surface area contributed by atoms with Crippen molar-refractivity contribution in [2.75, 3.05) is 13.2 Å².